The number of carbonyl (C=O) groups excluding carboxylic acids is 1. The molecule has 1 aromatic carbocycles. The molecule has 0 heterocycles. The number of nitrogens with one attached hydrogen (secondary N) is 1. The van der Waals surface area contributed by atoms with Gasteiger partial charge in [0, 0.05) is 10.6 Å². The van der Waals surface area contributed by atoms with Gasteiger partial charge in [-0.3, -0.25) is 4.79 Å². The molecule has 0 aliphatic carbocycles. The summed E-state index contributed by atoms with van der Waals surface area (Å²) in [7, 11) is 0. The lowest BCUT2D eigenvalue weighted by Crippen LogP contribution is -2.34. The molecule has 1 unspecified atom stereocenters. The van der Waals surface area contributed by atoms with Gasteiger partial charge in [0.05, 0.1) is 6.04 Å². The van der Waals surface area contributed by atoms with E-state index in [-0.39, 0.29) is 24.2 Å². The molecule has 0 aliphatic rings. The number of hydrogen-bond donors (Lipinski definition) is 1. The van der Waals surface area contributed by atoms with Crippen molar-refractivity contribution in [1.82, 2.24) is 5.32 Å². The normalized spacial score (nSPS) is 11.7. The van der Waals surface area contributed by atoms with Crippen LogP contribution in [0, 0.1) is 0 Å². The molecule has 1 aromatic rings. The minimum absolute atomic E-state index is 0. The predicted octanol–water partition coefficient (Wildman–Crippen LogP) is 3.72. The van der Waals surface area contributed by atoms with Crippen LogP contribution in [0.3, 0.4) is 0 Å². The summed E-state index contributed by atoms with van der Waals surface area (Å²) in [5.74, 6) is 0.0959. The monoisotopic (exact) mass is 275 g/mol. The smallest absolute Gasteiger partial charge is 0.179 e. The Labute approximate surface area is 114 Å². The Balaban J connectivity index is 0.00000256. The van der Waals surface area contributed by atoms with E-state index in [1.165, 1.54) is 0 Å². The third kappa shape index (κ3) is 5.53. The fourth-order valence-electron chi connectivity index (χ4n) is 1.48. The van der Waals surface area contributed by atoms with Crippen molar-refractivity contribution < 1.29 is 4.79 Å². The Morgan fingerprint density at radius 1 is 1.47 bits per heavy atom. The van der Waals surface area contributed by atoms with Gasteiger partial charge >= 0.3 is 0 Å². The zero-order valence-corrected chi connectivity index (χ0v) is 11.8. The maximum absolute atomic E-state index is 12.0. The first kappa shape index (κ1) is 16.4. The molecule has 17 heavy (non-hydrogen) atoms. The van der Waals surface area contributed by atoms with Crippen LogP contribution in [0.1, 0.15) is 37.0 Å². The van der Waals surface area contributed by atoms with Gasteiger partial charge in [-0.25, -0.2) is 0 Å². The molecule has 1 N–H and O–H groups in total. The fraction of sp³-hybridized carbons (Fsp3) is 0.462. The number of carbonyl (C=O) groups is 1. The van der Waals surface area contributed by atoms with E-state index in [2.05, 4.69) is 12.2 Å². The number of ketones is 1. The highest BCUT2D eigenvalue weighted by atomic mass is 35.5. The first-order valence-corrected chi connectivity index (χ1v) is 6.06. The summed E-state index contributed by atoms with van der Waals surface area (Å²) in [4.78, 5) is 12.0. The SMILES string of the molecule is CCCCNC(C)C(=O)c1cccc(Cl)c1.Cl. The fourth-order valence-corrected chi connectivity index (χ4v) is 1.67. The molecule has 0 saturated carbocycles. The van der Waals surface area contributed by atoms with Gasteiger partial charge in [-0.15, -0.1) is 12.4 Å². The minimum atomic E-state index is -0.148. The number of benzene rings is 1. The van der Waals surface area contributed by atoms with Crippen molar-refractivity contribution in [2.75, 3.05) is 6.54 Å². The average Bonchev–Trinajstić information content (AvgIpc) is 2.28. The highest BCUT2D eigenvalue weighted by Gasteiger charge is 2.14. The van der Waals surface area contributed by atoms with Crippen LogP contribution >= 0.6 is 24.0 Å². The number of hydrogen-bond acceptors (Lipinski definition) is 2. The van der Waals surface area contributed by atoms with E-state index in [4.69, 9.17) is 11.6 Å². The predicted molar refractivity (Wildman–Crippen MR) is 75.4 cm³/mol. The average molecular weight is 276 g/mol. The summed E-state index contributed by atoms with van der Waals surface area (Å²) >= 11 is 5.85. The third-order valence-electron chi connectivity index (χ3n) is 2.48. The molecule has 0 radical (unpaired) electrons. The molecule has 96 valence electrons. The molecule has 0 aromatic heterocycles. The molecule has 0 fully saturated rings. The highest BCUT2D eigenvalue weighted by molar-refractivity contribution is 6.31. The van der Waals surface area contributed by atoms with Crippen molar-refractivity contribution in [2.45, 2.75) is 32.7 Å². The molecule has 1 atom stereocenters. The lowest BCUT2D eigenvalue weighted by Gasteiger charge is -2.12. The van der Waals surface area contributed by atoms with Gasteiger partial charge in [-0.1, -0.05) is 37.1 Å². The molecule has 4 heteroatoms. The van der Waals surface area contributed by atoms with Crippen molar-refractivity contribution >= 4 is 29.8 Å². The Bertz CT molecular complexity index is 355. The van der Waals surface area contributed by atoms with Crippen molar-refractivity contribution in [2.24, 2.45) is 0 Å². The summed E-state index contributed by atoms with van der Waals surface area (Å²) in [5, 5.41) is 3.81. The van der Waals surface area contributed by atoms with E-state index in [9.17, 15) is 4.79 Å². The van der Waals surface area contributed by atoms with Gasteiger partial charge < -0.3 is 5.32 Å². The molecule has 0 spiro atoms. The van der Waals surface area contributed by atoms with E-state index < -0.39 is 0 Å². The minimum Gasteiger partial charge on any atom is -0.307 e. The number of halogens is 2. The zero-order valence-electron chi connectivity index (χ0n) is 10.2. The first-order chi connectivity index (χ1) is 7.65. The van der Waals surface area contributed by atoms with Crippen LogP contribution in [-0.2, 0) is 0 Å². The molecule has 0 bridgehead atoms. The van der Waals surface area contributed by atoms with Crippen molar-refractivity contribution in [3.8, 4) is 0 Å². The first-order valence-electron chi connectivity index (χ1n) is 5.68. The van der Waals surface area contributed by atoms with Gasteiger partial charge in [-0.2, -0.15) is 0 Å². The zero-order chi connectivity index (χ0) is 12.0. The number of rotatable bonds is 6. The Morgan fingerprint density at radius 3 is 2.76 bits per heavy atom. The lowest BCUT2D eigenvalue weighted by molar-refractivity contribution is 0.0951. The quantitative estimate of drug-likeness (QED) is 0.633. The van der Waals surface area contributed by atoms with Gasteiger partial charge in [0.25, 0.3) is 0 Å². The van der Waals surface area contributed by atoms with Gasteiger partial charge in [0.1, 0.15) is 0 Å². The van der Waals surface area contributed by atoms with E-state index in [0.29, 0.717) is 10.6 Å². The van der Waals surface area contributed by atoms with Crippen LogP contribution in [-0.4, -0.2) is 18.4 Å². The van der Waals surface area contributed by atoms with Crippen LogP contribution in [0.4, 0.5) is 0 Å². The summed E-state index contributed by atoms with van der Waals surface area (Å²) in [6.45, 7) is 4.90. The molecule has 1 rings (SSSR count). The number of unbranched alkanes of at least 4 members (excludes halogenated alkanes) is 1. The van der Waals surface area contributed by atoms with Crippen LogP contribution in [0.15, 0.2) is 24.3 Å². The topological polar surface area (TPSA) is 29.1 Å². The maximum atomic E-state index is 12.0. The molecule has 0 saturated heterocycles. The molecule has 0 amide bonds. The van der Waals surface area contributed by atoms with Crippen LogP contribution in [0.2, 0.25) is 5.02 Å². The number of Topliss-reactive ketones (excluding diaryl/α,β-unsaturated/α-hetero) is 1. The van der Waals surface area contributed by atoms with E-state index in [0.717, 1.165) is 19.4 Å². The van der Waals surface area contributed by atoms with Gasteiger partial charge in [0.2, 0.25) is 0 Å². The summed E-state index contributed by atoms with van der Waals surface area (Å²) in [6.07, 6.45) is 2.22. The summed E-state index contributed by atoms with van der Waals surface area (Å²) in [6, 6.07) is 6.93. The Hall–Kier alpha value is -0.570. The van der Waals surface area contributed by atoms with E-state index >= 15 is 0 Å². The van der Waals surface area contributed by atoms with E-state index in [1.807, 2.05) is 6.92 Å². The molecular weight excluding hydrogens is 257 g/mol. The highest BCUT2D eigenvalue weighted by Crippen LogP contribution is 2.12. The summed E-state index contributed by atoms with van der Waals surface area (Å²) < 4.78 is 0. The van der Waals surface area contributed by atoms with Crippen LogP contribution in [0.5, 0.6) is 0 Å². The van der Waals surface area contributed by atoms with Gasteiger partial charge in [0.15, 0.2) is 5.78 Å². The van der Waals surface area contributed by atoms with Gasteiger partial charge in [-0.05, 0) is 32.0 Å². The maximum Gasteiger partial charge on any atom is 0.179 e. The molecular formula is C13H19Cl2NO. The van der Waals surface area contributed by atoms with Crippen molar-refractivity contribution in [3.63, 3.8) is 0 Å². The second-order valence-electron chi connectivity index (χ2n) is 3.90. The largest absolute Gasteiger partial charge is 0.307 e. The lowest BCUT2D eigenvalue weighted by atomic mass is 10.1. The van der Waals surface area contributed by atoms with Crippen molar-refractivity contribution in [3.05, 3.63) is 34.9 Å². The van der Waals surface area contributed by atoms with Crippen LogP contribution < -0.4 is 5.32 Å². The van der Waals surface area contributed by atoms with Crippen molar-refractivity contribution in [1.29, 1.82) is 0 Å². The summed E-state index contributed by atoms with van der Waals surface area (Å²) in [5.41, 5.74) is 0.670. The van der Waals surface area contributed by atoms with Crippen LogP contribution in [0.25, 0.3) is 0 Å². The Kier molecular flexibility index (Phi) is 8.23. The molecule has 2 nitrogen and oxygen atoms in total. The third-order valence-corrected chi connectivity index (χ3v) is 2.72. The Morgan fingerprint density at radius 2 is 2.18 bits per heavy atom. The standard InChI is InChI=1S/C13H18ClNO.ClH/c1-3-4-8-15-10(2)13(16)11-6-5-7-12(14)9-11;/h5-7,9-10,15H,3-4,8H2,1-2H3;1H. The molecule has 0 aliphatic heterocycles. The second-order valence-corrected chi connectivity index (χ2v) is 4.34. The van der Waals surface area contributed by atoms with E-state index in [1.54, 1.807) is 24.3 Å². The second kappa shape index (κ2) is 8.51.